The van der Waals surface area contributed by atoms with E-state index in [0.29, 0.717) is 6.42 Å². The summed E-state index contributed by atoms with van der Waals surface area (Å²) < 4.78 is 9.95. The number of hydrogen-bond acceptors (Lipinski definition) is 6. The summed E-state index contributed by atoms with van der Waals surface area (Å²) in [7, 11) is 0. The predicted molar refractivity (Wildman–Crippen MR) is 155 cm³/mol. The SMILES string of the molecule is CC(C)OC(C(=O)O)C(Cc1ccc2ccccc2c1)C(=O)O.O=C1OC(C(=O)O)C1Cc1ccc2ccccc2c1.[Y].[Y]. The molecule has 9 nitrogen and oxygen atoms in total. The van der Waals surface area contributed by atoms with Crippen molar-refractivity contribution >= 4 is 45.4 Å². The summed E-state index contributed by atoms with van der Waals surface area (Å²) in [4.78, 5) is 45.1. The topological polar surface area (TPSA) is 147 Å². The zero-order valence-corrected chi connectivity index (χ0v) is 30.0. The summed E-state index contributed by atoms with van der Waals surface area (Å²) in [5, 5.41) is 31.9. The summed E-state index contributed by atoms with van der Waals surface area (Å²) >= 11 is 0. The third kappa shape index (κ3) is 9.72. The largest absolute Gasteiger partial charge is 0.481 e. The minimum atomic E-state index is -1.38. The summed E-state index contributed by atoms with van der Waals surface area (Å²) in [5.74, 6) is -5.65. The molecule has 0 bridgehead atoms. The Balaban J connectivity index is 0.000000297. The van der Waals surface area contributed by atoms with Crippen LogP contribution in [0, 0.1) is 11.8 Å². The monoisotopic (exact) mass is 750 g/mol. The Bertz CT molecular complexity index is 1620. The molecule has 1 aliphatic rings. The molecule has 4 aromatic carbocycles. The van der Waals surface area contributed by atoms with Crippen molar-refractivity contribution in [3.63, 3.8) is 0 Å². The van der Waals surface area contributed by atoms with E-state index in [9.17, 15) is 29.4 Å². The molecule has 4 unspecified atom stereocenters. The number of hydrogen-bond donors (Lipinski definition) is 3. The van der Waals surface area contributed by atoms with Crippen LogP contribution in [-0.4, -0.2) is 57.5 Å². The van der Waals surface area contributed by atoms with Gasteiger partial charge in [0.15, 0.2) is 6.10 Å². The number of carbonyl (C=O) groups excluding carboxylic acids is 1. The second-order valence-electron chi connectivity index (χ2n) is 10.5. The number of fused-ring (bicyclic) bond motifs is 2. The average molecular weight is 750 g/mol. The van der Waals surface area contributed by atoms with Crippen molar-refractivity contribution in [1.82, 2.24) is 0 Å². The first-order valence-corrected chi connectivity index (χ1v) is 13.5. The van der Waals surface area contributed by atoms with E-state index in [1.807, 2.05) is 84.9 Å². The normalized spacial score (nSPS) is 16.7. The fourth-order valence-electron chi connectivity index (χ4n) is 4.94. The molecular weight excluding hydrogens is 718 g/mol. The van der Waals surface area contributed by atoms with Gasteiger partial charge in [-0.25, -0.2) is 9.59 Å². The van der Waals surface area contributed by atoms with Crippen LogP contribution in [0.2, 0.25) is 0 Å². The van der Waals surface area contributed by atoms with Crippen molar-refractivity contribution in [3.8, 4) is 0 Å². The van der Waals surface area contributed by atoms with E-state index in [-0.39, 0.29) is 77.9 Å². The maximum atomic E-state index is 11.6. The maximum Gasteiger partial charge on any atom is 0.345 e. The molecule has 3 N–H and O–H groups in total. The van der Waals surface area contributed by atoms with Gasteiger partial charge in [-0.1, -0.05) is 84.9 Å². The molecule has 2 radical (unpaired) electrons. The first kappa shape index (κ1) is 37.6. The summed E-state index contributed by atoms with van der Waals surface area (Å²) in [6.07, 6.45) is -2.24. The molecule has 4 aromatic rings. The van der Waals surface area contributed by atoms with Crippen LogP contribution in [0.4, 0.5) is 0 Å². The van der Waals surface area contributed by atoms with Crippen LogP contribution in [0.25, 0.3) is 21.5 Å². The molecule has 11 heteroatoms. The molecule has 0 spiro atoms. The van der Waals surface area contributed by atoms with Gasteiger partial charge in [-0.2, -0.15) is 0 Å². The Morgan fingerprint density at radius 1 is 0.750 bits per heavy atom. The van der Waals surface area contributed by atoms with Crippen LogP contribution < -0.4 is 0 Å². The first-order valence-electron chi connectivity index (χ1n) is 13.5. The van der Waals surface area contributed by atoms with E-state index in [2.05, 4.69) is 4.74 Å². The molecule has 0 aromatic heterocycles. The van der Waals surface area contributed by atoms with Gasteiger partial charge in [-0.15, -0.1) is 0 Å². The standard InChI is InChI=1S/C18H20O5.C15H12O4.2Y/c1-11(2)23-16(18(21)22)15(17(19)20)10-12-7-8-13-5-3-4-6-14(13)9-12;16-14(17)13-12(15(18)19-13)8-9-5-6-10-3-1-2-4-11(10)7-9;;/h3-9,11,15-16H,10H2,1-2H3,(H,19,20)(H,21,22);1-7,12-13H,8H2,(H,16,17);;. The number of aliphatic carboxylic acids is 3. The molecule has 4 atom stereocenters. The van der Waals surface area contributed by atoms with Gasteiger partial charge in [0.1, 0.15) is 5.92 Å². The van der Waals surface area contributed by atoms with Gasteiger partial charge in [-0.05, 0) is 59.4 Å². The zero-order chi connectivity index (χ0) is 30.4. The van der Waals surface area contributed by atoms with E-state index in [1.165, 1.54) is 0 Å². The van der Waals surface area contributed by atoms with Crippen molar-refractivity contribution in [2.24, 2.45) is 11.8 Å². The molecular formula is C33H32O9Y2. The van der Waals surface area contributed by atoms with Crippen LogP contribution in [-0.2, 0) is 107 Å². The van der Waals surface area contributed by atoms with Crippen molar-refractivity contribution in [2.75, 3.05) is 0 Å². The third-order valence-electron chi connectivity index (χ3n) is 7.04. The quantitative estimate of drug-likeness (QED) is 0.191. The van der Waals surface area contributed by atoms with Crippen LogP contribution in [0.1, 0.15) is 25.0 Å². The number of rotatable bonds is 10. The Kier molecular flexibility index (Phi) is 14.7. The van der Waals surface area contributed by atoms with Gasteiger partial charge < -0.3 is 24.8 Å². The van der Waals surface area contributed by atoms with Gasteiger partial charge in [0.05, 0.1) is 12.0 Å². The summed E-state index contributed by atoms with van der Waals surface area (Å²) in [6, 6.07) is 27.2. The summed E-state index contributed by atoms with van der Waals surface area (Å²) in [6.45, 7) is 3.37. The van der Waals surface area contributed by atoms with E-state index < -0.39 is 47.9 Å². The third-order valence-corrected chi connectivity index (χ3v) is 7.04. The Labute approximate surface area is 305 Å². The molecule has 0 amide bonds. The Morgan fingerprint density at radius 2 is 1.25 bits per heavy atom. The fourth-order valence-corrected chi connectivity index (χ4v) is 4.94. The van der Waals surface area contributed by atoms with Crippen LogP contribution in [0.15, 0.2) is 84.9 Å². The van der Waals surface area contributed by atoms with Gasteiger partial charge in [0.2, 0.25) is 6.10 Å². The molecule has 224 valence electrons. The van der Waals surface area contributed by atoms with Gasteiger partial charge in [0, 0.05) is 65.4 Å². The van der Waals surface area contributed by atoms with E-state index in [0.717, 1.165) is 32.7 Å². The number of ether oxygens (including phenoxy) is 2. The fraction of sp³-hybridized carbons (Fsp3) is 0.273. The number of esters is 1. The predicted octanol–water partition coefficient (Wildman–Crippen LogP) is 4.96. The molecule has 0 saturated carbocycles. The molecule has 1 fully saturated rings. The van der Waals surface area contributed by atoms with Crippen LogP contribution >= 0.6 is 0 Å². The van der Waals surface area contributed by atoms with Crippen LogP contribution in [0.5, 0.6) is 0 Å². The average Bonchev–Trinajstić information content (AvgIpc) is 2.96. The molecule has 44 heavy (non-hydrogen) atoms. The van der Waals surface area contributed by atoms with Crippen molar-refractivity contribution in [1.29, 1.82) is 0 Å². The number of cyclic esters (lactones) is 1. The smallest absolute Gasteiger partial charge is 0.345 e. The second-order valence-corrected chi connectivity index (χ2v) is 10.5. The van der Waals surface area contributed by atoms with Gasteiger partial charge >= 0.3 is 23.9 Å². The second kappa shape index (κ2) is 17.2. The zero-order valence-electron chi connectivity index (χ0n) is 24.3. The maximum absolute atomic E-state index is 11.6. The minimum Gasteiger partial charge on any atom is -0.481 e. The molecule has 1 aliphatic heterocycles. The number of carboxylic acid groups (broad SMARTS) is 3. The minimum absolute atomic E-state index is 0. The van der Waals surface area contributed by atoms with Gasteiger partial charge in [0.25, 0.3) is 0 Å². The molecule has 1 saturated heterocycles. The number of benzene rings is 4. The van der Waals surface area contributed by atoms with Crippen molar-refractivity contribution in [3.05, 3.63) is 96.1 Å². The first-order chi connectivity index (χ1) is 20.0. The van der Waals surface area contributed by atoms with Crippen molar-refractivity contribution in [2.45, 2.75) is 45.0 Å². The van der Waals surface area contributed by atoms with Crippen LogP contribution in [0.3, 0.4) is 0 Å². The van der Waals surface area contributed by atoms with E-state index in [4.69, 9.17) is 9.84 Å². The Morgan fingerprint density at radius 3 is 1.70 bits per heavy atom. The number of carboxylic acids is 3. The molecule has 1 heterocycles. The molecule has 0 aliphatic carbocycles. The molecule has 5 rings (SSSR count). The van der Waals surface area contributed by atoms with E-state index >= 15 is 0 Å². The number of carbonyl (C=O) groups is 4. The van der Waals surface area contributed by atoms with Crippen molar-refractivity contribution < 1.29 is 109 Å². The van der Waals surface area contributed by atoms with E-state index in [1.54, 1.807) is 13.8 Å². The van der Waals surface area contributed by atoms with Gasteiger partial charge in [-0.3, -0.25) is 9.59 Å². The Hall–Kier alpha value is -2.55. The summed E-state index contributed by atoms with van der Waals surface area (Å²) in [5.41, 5.74) is 1.72.